The Morgan fingerprint density at radius 2 is 2.11 bits per heavy atom. The maximum absolute atomic E-state index is 13.5. The van der Waals surface area contributed by atoms with Crippen LogP contribution in [0.2, 0.25) is 5.02 Å². The van der Waals surface area contributed by atoms with Gasteiger partial charge in [0.15, 0.2) is 0 Å². The summed E-state index contributed by atoms with van der Waals surface area (Å²) < 4.78 is 13.5. The first-order valence-electron chi connectivity index (χ1n) is 6.48. The Bertz CT molecular complexity index is 389. The maximum atomic E-state index is 13.5. The van der Waals surface area contributed by atoms with Crippen molar-refractivity contribution in [3.8, 4) is 0 Å². The molecule has 1 saturated heterocycles. The molecule has 1 aliphatic rings. The fourth-order valence-electron chi connectivity index (χ4n) is 2.34. The van der Waals surface area contributed by atoms with Crippen LogP contribution in [-0.2, 0) is 6.54 Å². The summed E-state index contributed by atoms with van der Waals surface area (Å²) in [5.74, 6) is 0.495. The van der Waals surface area contributed by atoms with Crippen LogP contribution in [0.15, 0.2) is 18.2 Å². The number of halogens is 2. The van der Waals surface area contributed by atoms with Crippen LogP contribution in [0, 0.1) is 11.7 Å². The number of hydrogen-bond donors (Lipinski definition) is 1. The standard InChI is InChI=1S/C14H20ClFN2/c1-18-6-4-11(5-7-18)9-17-10-12-2-3-13(15)8-14(12)16/h2-3,8,11,17H,4-7,9-10H2,1H3. The third-order valence-corrected chi connectivity index (χ3v) is 3.84. The fourth-order valence-corrected chi connectivity index (χ4v) is 2.50. The van der Waals surface area contributed by atoms with Crippen LogP contribution in [0.5, 0.6) is 0 Å². The lowest BCUT2D eigenvalue weighted by Crippen LogP contribution is -2.34. The van der Waals surface area contributed by atoms with Crippen LogP contribution in [0.25, 0.3) is 0 Å². The first-order chi connectivity index (χ1) is 8.65. The summed E-state index contributed by atoms with van der Waals surface area (Å²) in [7, 11) is 2.16. The summed E-state index contributed by atoms with van der Waals surface area (Å²) in [5.41, 5.74) is 0.687. The average molecular weight is 271 g/mol. The van der Waals surface area contributed by atoms with Gasteiger partial charge in [0, 0.05) is 17.1 Å². The van der Waals surface area contributed by atoms with Gasteiger partial charge >= 0.3 is 0 Å². The molecule has 0 radical (unpaired) electrons. The highest BCUT2D eigenvalue weighted by Crippen LogP contribution is 2.16. The van der Waals surface area contributed by atoms with E-state index in [1.165, 1.54) is 32.0 Å². The second-order valence-electron chi connectivity index (χ2n) is 5.11. The number of nitrogens with one attached hydrogen (secondary N) is 1. The van der Waals surface area contributed by atoms with Crippen LogP contribution in [0.1, 0.15) is 18.4 Å². The zero-order valence-electron chi connectivity index (χ0n) is 10.8. The number of piperidine rings is 1. The van der Waals surface area contributed by atoms with Crippen LogP contribution in [0.4, 0.5) is 4.39 Å². The van der Waals surface area contributed by atoms with Gasteiger partial charge in [-0.05, 0) is 57.6 Å². The molecule has 0 saturated carbocycles. The van der Waals surface area contributed by atoms with E-state index < -0.39 is 0 Å². The van der Waals surface area contributed by atoms with Gasteiger partial charge in [0.05, 0.1) is 0 Å². The molecule has 1 aromatic carbocycles. The second-order valence-corrected chi connectivity index (χ2v) is 5.55. The van der Waals surface area contributed by atoms with Crippen molar-refractivity contribution >= 4 is 11.6 Å². The number of nitrogens with zero attached hydrogens (tertiary/aromatic N) is 1. The molecule has 4 heteroatoms. The molecule has 0 amide bonds. The number of likely N-dealkylation sites (tertiary alicyclic amines) is 1. The van der Waals surface area contributed by atoms with E-state index in [9.17, 15) is 4.39 Å². The molecule has 0 bridgehead atoms. The summed E-state index contributed by atoms with van der Waals surface area (Å²) in [6.07, 6.45) is 2.46. The normalized spacial score (nSPS) is 18.2. The highest BCUT2D eigenvalue weighted by molar-refractivity contribution is 6.30. The maximum Gasteiger partial charge on any atom is 0.129 e. The van der Waals surface area contributed by atoms with Gasteiger partial charge in [-0.2, -0.15) is 0 Å². The monoisotopic (exact) mass is 270 g/mol. The van der Waals surface area contributed by atoms with E-state index in [0.717, 1.165) is 12.5 Å². The summed E-state index contributed by atoms with van der Waals surface area (Å²) in [6, 6.07) is 4.85. The molecular formula is C14H20ClFN2. The van der Waals surface area contributed by atoms with Gasteiger partial charge in [-0.25, -0.2) is 4.39 Å². The molecule has 1 heterocycles. The summed E-state index contributed by atoms with van der Waals surface area (Å²) in [6.45, 7) is 3.88. The third kappa shape index (κ3) is 3.94. The molecule has 2 nitrogen and oxygen atoms in total. The summed E-state index contributed by atoms with van der Waals surface area (Å²) >= 11 is 5.72. The molecule has 0 unspecified atom stereocenters. The van der Waals surface area contributed by atoms with Gasteiger partial charge in [0.25, 0.3) is 0 Å². The lowest BCUT2D eigenvalue weighted by atomic mass is 9.97. The van der Waals surface area contributed by atoms with Crippen molar-refractivity contribution in [1.82, 2.24) is 10.2 Å². The van der Waals surface area contributed by atoms with E-state index in [1.54, 1.807) is 12.1 Å². The van der Waals surface area contributed by atoms with Gasteiger partial charge in [-0.1, -0.05) is 17.7 Å². The van der Waals surface area contributed by atoms with Crippen LogP contribution in [0.3, 0.4) is 0 Å². The highest BCUT2D eigenvalue weighted by Gasteiger charge is 2.16. The zero-order valence-corrected chi connectivity index (χ0v) is 11.5. The van der Waals surface area contributed by atoms with Gasteiger partial charge in [0.1, 0.15) is 5.82 Å². The van der Waals surface area contributed by atoms with E-state index >= 15 is 0 Å². The summed E-state index contributed by atoms with van der Waals surface area (Å²) in [4.78, 5) is 2.36. The number of benzene rings is 1. The molecule has 100 valence electrons. The largest absolute Gasteiger partial charge is 0.312 e. The van der Waals surface area contributed by atoms with Gasteiger partial charge in [0.2, 0.25) is 0 Å². The van der Waals surface area contributed by atoms with Crippen molar-refractivity contribution < 1.29 is 4.39 Å². The summed E-state index contributed by atoms with van der Waals surface area (Å²) in [5, 5.41) is 3.80. The molecule has 1 N–H and O–H groups in total. The molecule has 18 heavy (non-hydrogen) atoms. The SMILES string of the molecule is CN1CCC(CNCc2ccc(Cl)cc2F)CC1. The molecule has 1 fully saturated rings. The van der Waals surface area contributed by atoms with E-state index in [2.05, 4.69) is 17.3 Å². The van der Waals surface area contributed by atoms with Crippen molar-refractivity contribution in [3.63, 3.8) is 0 Å². The fraction of sp³-hybridized carbons (Fsp3) is 0.571. The molecule has 0 aliphatic carbocycles. The van der Waals surface area contributed by atoms with E-state index in [1.807, 2.05) is 0 Å². The second kappa shape index (κ2) is 6.50. The smallest absolute Gasteiger partial charge is 0.129 e. The van der Waals surface area contributed by atoms with Crippen molar-refractivity contribution in [3.05, 3.63) is 34.6 Å². The Morgan fingerprint density at radius 1 is 1.39 bits per heavy atom. The third-order valence-electron chi connectivity index (χ3n) is 3.60. The zero-order chi connectivity index (χ0) is 13.0. The van der Waals surface area contributed by atoms with Crippen molar-refractivity contribution in [2.24, 2.45) is 5.92 Å². The van der Waals surface area contributed by atoms with Crippen LogP contribution >= 0.6 is 11.6 Å². The Kier molecular flexibility index (Phi) is 4.98. The molecule has 1 aromatic rings. The van der Waals surface area contributed by atoms with Crippen LogP contribution < -0.4 is 5.32 Å². The Balaban J connectivity index is 1.75. The van der Waals surface area contributed by atoms with E-state index in [4.69, 9.17) is 11.6 Å². The predicted molar refractivity (Wildman–Crippen MR) is 73.3 cm³/mol. The minimum Gasteiger partial charge on any atom is -0.312 e. The Labute approximate surface area is 113 Å². The minimum atomic E-state index is -0.224. The molecule has 1 aliphatic heterocycles. The van der Waals surface area contributed by atoms with Crippen molar-refractivity contribution in [2.75, 3.05) is 26.7 Å². The topological polar surface area (TPSA) is 15.3 Å². The first kappa shape index (κ1) is 13.8. The quantitative estimate of drug-likeness (QED) is 0.905. The molecule has 2 rings (SSSR count). The molecular weight excluding hydrogens is 251 g/mol. The van der Waals surface area contributed by atoms with E-state index in [-0.39, 0.29) is 5.82 Å². The average Bonchev–Trinajstić information content (AvgIpc) is 2.34. The lowest BCUT2D eigenvalue weighted by molar-refractivity contribution is 0.216. The lowest BCUT2D eigenvalue weighted by Gasteiger charge is -2.29. The molecule has 0 aromatic heterocycles. The number of rotatable bonds is 4. The molecule has 0 spiro atoms. The van der Waals surface area contributed by atoms with Crippen molar-refractivity contribution in [2.45, 2.75) is 19.4 Å². The number of hydrogen-bond acceptors (Lipinski definition) is 2. The molecule has 0 atom stereocenters. The first-order valence-corrected chi connectivity index (χ1v) is 6.86. The van der Waals surface area contributed by atoms with Crippen molar-refractivity contribution in [1.29, 1.82) is 0 Å². The van der Waals surface area contributed by atoms with Crippen LogP contribution in [-0.4, -0.2) is 31.6 Å². The van der Waals surface area contributed by atoms with Gasteiger partial charge < -0.3 is 10.2 Å². The minimum absolute atomic E-state index is 0.224. The highest BCUT2D eigenvalue weighted by atomic mass is 35.5. The van der Waals surface area contributed by atoms with Gasteiger partial charge in [-0.3, -0.25) is 0 Å². The Morgan fingerprint density at radius 3 is 2.78 bits per heavy atom. The Hall–Kier alpha value is -0.640. The van der Waals surface area contributed by atoms with Gasteiger partial charge in [-0.15, -0.1) is 0 Å². The van der Waals surface area contributed by atoms with E-state index in [0.29, 0.717) is 17.1 Å². The predicted octanol–water partition coefficient (Wildman–Crippen LogP) is 2.91.